The molecular weight excluding hydrogens is 328 g/mol. The lowest BCUT2D eigenvalue weighted by atomic mass is 10.1. The Morgan fingerprint density at radius 2 is 1.79 bits per heavy atom. The van der Waals surface area contributed by atoms with Gasteiger partial charge in [-0.2, -0.15) is 0 Å². The van der Waals surface area contributed by atoms with Crippen LogP contribution in [0.2, 0.25) is 0 Å². The molecule has 1 aromatic heterocycles. The average molecular weight is 354 g/mol. The molecule has 0 radical (unpaired) electrons. The Kier molecular flexibility index (Phi) is 5.36. The summed E-state index contributed by atoms with van der Waals surface area (Å²) < 4.78 is 32.4. The second kappa shape index (κ2) is 7.33. The van der Waals surface area contributed by atoms with Crippen molar-refractivity contribution in [2.45, 2.75) is 50.8 Å². The number of ether oxygens (including phenoxy) is 1. The summed E-state index contributed by atoms with van der Waals surface area (Å²) in [5.41, 5.74) is 0.935. The van der Waals surface area contributed by atoms with E-state index in [1.165, 1.54) is 0 Å². The predicted molar refractivity (Wildman–Crippen MR) is 92.5 cm³/mol. The highest BCUT2D eigenvalue weighted by atomic mass is 32.2. The molecule has 3 heterocycles. The second-order valence-corrected chi connectivity index (χ2v) is 8.83. The van der Waals surface area contributed by atoms with E-state index in [-0.39, 0.29) is 11.3 Å². The van der Waals surface area contributed by atoms with Gasteiger partial charge in [0.2, 0.25) is 10.0 Å². The Hall–Kier alpha value is -1.25. The standard InChI is InChI=1S/C16H26N4O3S/c1-12-11-16(18-13(2)17-12)19-14-3-7-20(8-4-14)24(21,22)15-5-9-23-10-6-15/h11,14-15H,3-10H2,1-2H3,(H,17,18,19). The van der Waals surface area contributed by atoms with E-state index in [1.54, 1.807) is 4.31 Å². The second-order valence-electron chi connectivity index (χ2n) is 6.62. The first-order chi connectivity index (χ1) is 11.4. The molecule has 3 rings (SSSR count). The van der Waals surface area contributed by atoms with Gasteiger partial charge in [-0.05, 0) is 39.5 Å². The van der Waals surface area contributed by atoms with E-state index in [1.807, 2.05) is 19.9 Å². The number of sulfonamides is 1. The zero-order valence-electron chi connectivity index (χ0n) is 14.4. The summed E-state index contributed by atoms with van der Waals surface area (Å²) in [6.07, 6.45) is 2.81. The minimum absolute atomic E-state index is 0.250. The number of aromatic nitrogens is 2. The fraction of sp³-hybridized carbons (Fsp3) is 0.750. The number of piperidine rings is 1. The summed E-state index contributed by atoms with van der Waals surface area (Å²) in [6.45, 7) is 6.06. The first kappa shape index (κ1) is 17.6. The average Bonchev–Trinajstić information content (AvgIpc) is 2.55. The summed E-state index contributed by atoms with van der Waals surface area (Å²) in [7, 11) is -3.19. The van der Waals surface area contributed by atoms with Crippen LogP contribution in [0.15, 0.2) is 6.07 Å². The summed E-state index contributed by atoms with van der Waals surface area (Å²) in [5, 5.41) is 3.15. The molecule has 2 fully saturated rings. The number of hydrogen-bond donors (Lipinski definition) is 1. The molecule has 0 aromatic carbocycles. The Balaban J connectivity index is 1.57. The first-order valence-corrected chi connectivity index (χ1v) is 10.1. The maximum atomic E-state index is 12.7. The van der Waals surface area contributed by atoms with E-state index in [2.05, 4.69) is 15.3 Å². The van der Waals surface area contributed by atoms with Gasteiger partial charge >= 0.3 is 0 Å². The van der Waals surface area contributed by atoms with Gasteiger partial charge in [0.25, 0.3) is 0 Å². The number of aryl methyl sites for hydroxylation is 2. The molecule has 1 N–H and O–H groups in total. The summed E-state index contributed by atoms with van der Waals surface area (Å²) in [5.74, 6) is 1.57. The van der Waals surface area contributed by atoms with Crippen molar-refractivity contribution in [2.75, 3.05) is 31.6 Å². The van der Waals surface area contributed by atoms with Crippen molar-refractivity contribution >= 4 is 15.8 Å². The third-order valence-corrected chi connectivity index (χ3v) is 7.12. The Labute approximate surface area is 143 Å². The maximum absolute atomic E-state index is 12.7. The summed E-state index contributed by atoms with van der Waals surface area (Å²) >= 11 is 0. The van der Waals surface area contributed by atoms with Gasteiger partial charge in [0, 0.05) is 44.1 Å². The molecule has 8 heteroatoms. The minimum Gasteiger partial charge on any atom is -0.381 e. The number of anilines is 1. The third-order valence-electron chi connectivity index (χ3n) is 4.72. The van der Waals surface area contributed by atoms with Crippen LogP contribution < -0.4 is 5.32 Å². The summed E-state index contributed by atoms with van der Waals surface area (Å²) in [6, 6.07) is 2.18. The van der Waals surface area contributed by atoms with Crippen molar-refractivity contribution in [2.24, 2.45) is 0 Å². The lowest BCUT2D eigenvalue weighted by Gasteiger charge is -2.35. The molecule has 1 aromatic rings. The van der Waals surface area contributed by atoms with Crippen molar-refractivity contribution < 1.29 is 13.2 Å². The molecule has 0 bridgehead atoms. The lowest BCUT2D eigenvalue weighted by Crippen LogP contribution is -2.47. The van der Waals surface area contributed by atoms with Crippen LogP contribution in [0.25, 0.3) is 0 Å². The van der Waals surface area contributed by atoms with E-state index in [4.69, 9.17) is 4.74 Å². The lowest BCUT2D eigenvalue weighted by molar-refractivity contribution is 0.0969. The maximum Gasteiger partial charge on any atom is 0.217 e. The molecule has 24 heavy (non-hydrogen) atoms. The minimum atomic E-state index is -3.19. The predicted octanol–water partition coefficient (Wildman–Crippen LogP) is 1.48. The highest BCUT2D eigenvalue weighted by molar-refractivity contribution is 7.89. The molecule has 2 aliphatic heterocycles. The van der Waals surface area contributed by atoms with Crippen molar-refractivity contribution in [1.29, 1.82) is 0 Å². The van der Waals surface area contributed by atoms with E-state index in [0.29, 0.717) is 39.1 Å². The Morgan fingerprint density at radius 3 is 2.42 bits per heavy atom. The van der Waals surface area contributed by atoms with Gasteiger partial charge in [0.05, 0.1) is 5.25 Å². The van der Waals surface area contributed by atoms with E-state index < -0.39 is 10.0 Å². The first-order valence-electron chi connectivity index (χ1n) is 8.60. The van der Waals surface area contributed by atoms with Crippen LogP contribution in [-0.4, -0.2) is 60.3 Å². The number of hydrogen-bond acceptors (Lipinski definition) is 6. The molecule has 0 atom stereocenters. The smallest absolute Gasteiger partial charge is 0.217 e. The van der Waals surface area contributed by atoms with Crippen LogP contribution >= 0.6 is 0 Å². The van der Waals surface area contributed by atoms with Crippen LogP contribution in [0, 0.1) is 13.8 Å². The SMILES string of the molecule is Cc1cc(NC2CCN(S(=O)(=O)C3CCOCC3)CC2)nc(C)n1. The monoisotopic (exact) mass is 354 g/mol. The molecule has 0 aliphatic carbocycles. The van der Waals surface area contributed by atoms with Crippen molar-refractivity contribution in [1.82, 2.24) is 14.3 Å². The van der Waals surface area contributed by atoms with Crippen LogP contribution in [0.1, 0.15) is 37.2 Å². The topological polar surface area (TPSA) is 84.4 Å². The zero-order chi connectivity index (χ0) is 17.2. The quantitative estimate of drug-likeness (QED) is 0.882. The molecule has 134 valence electrons. The number of rotatable bonds is 4. The van der Waals surface area contributed by atoms with Crippen molar-refractivity contribution in [3.8, 4) is 0 Å². The number of nitrogens with zero attached hydrogens (tertiary/aromatic N) is 3. The fourth-order valence-electron chi connectivity index (χ4n) is 3.44. The van der Waals surface area contributed by atoms with Crippen LogP contribution in [-0.2, 0) is 14.8 Å². The summed E-state index contributed by atoms with van der Waals surface area (Å²) in [4.78, 5) is 8.68. The van der Waals surface area contributed by atoms with Crippen LogP contribution in [0.5, 0.6) is 0 Å². The van der Waals surface area contributed by atoms with Crippen LogP contribution in [0.3, 0.4) is 0 Å². The van der Waals surface area contributed by atoms with Gasteiger partial charge in [-0.1, -0.05) is 0 Å². The molecule has 0 amide bonds. The van der Waals surface area contributed by atoms with Gasteiger partial charge in [-0.3, -0.25) is 0 Å². The highest BCUT2D eigenvalue weighted by Gasteiger charge is 2.35. The fourth-order valence-corrected chi connectivity index (χ4v) is 5.37. The Bertz CT molecular complexity index is 646. The van der Waals surface area contributed by atoms with Gasteiger partial charge in [-0.15, -0.1) is 0 Å². The van der Waals surface area contributed by atoms with Gasteiger partial charge in [0.1, 0.15) is 11.6 Å². The molecule has 7 nitrogen and oxygen atoms in total. The molecular formula is C16H26N4O3S. The van der Waals surface area contributed by atoms with E-state index >= 15 is 0 Å². The van der Waals surface area contributed by atoms with Crippen molar-refractivity contribution in [3.63, 3.8) is 0 Å². The van der Waals surface area contributed by atoms with Gasteiger partial charge < -0.3 is 10.1 Å². The van der Waals surface area contributed by atoms with Gasteiger partial charge in [0.15, 0.2) is 0 Å². The van der Waals surface area contributed by atoms with E-state index in [0.717, 1.165) is 30.2 Å². The molecule has 0 spiro atoms. The highest BCUT2D eigenvalue weighted by Crippen LogP contribution is 2.24. The zero-order valence-corrected chi connectivity index (χ0v) is 15.2. The van der Waals surface area contributed by atoms with Crippen molar-refractivity contribution in [3.05, 3.63) is 17.6 Å². The molecule has 0 unspecified atom stereocenters. The molecule has 0 saturated carbocycles. The third kappa shape index (κ3) is 4.04. The Morgan fingerprint density at radius 1 is 1.12 bits per heavy atom. The number of nitrogens with one attached hydrogen (secondary N) is 1. The van der Waals surface area contributed by atoms with Gasteiger partial charge in [-0.25, -0.2) is 22.7 Å². The largest absolute Gasteiger partial charge is 0.381 e. The molecule has 2 saturated heterocycles. The van der Waals surface area contributed by atoms with E-state index in [9.17, 15) is 8.42 Å². The van der Waals surface area contributed by atoms with Crippen LogP contribution in [0.4, 0.5) is 5.82 Å². The normalized spacial score (nSPS) is 21.8. The molecule has 2 aliphatic rings.